The van der Waals surface area contributed by atoms with Gasteiger partial charge in [-0.3, -0.25) is 4.72 Å². The van der Waals surface area contributed by atoms with Gasteiger partial charge in [0.25, 0.3) is 0 Å². The van der Waals surface area contributed by atoms with Crippen LogP contribution in [0.3, 0.4) is 0 Å². The molecule has 6 heteroatoms. The van der Waals surface area contributed by atoms with Crippen molar-refractivity contribution in [3.63, 3.8) is 0 Å². The summed E-state index contributed by atoms with van der Waals surface area (Å²) in [7, 11) is 0. The number of rotatable bonds is 4. The van der Waals surface area contributed by atoms with E-state index in [-0.39, 0.29) is 6.03 Å². The lowest BCUT2D eigenvalue weighted by atomic mass is 10.0. The Bertz CT molecular complexity index is 874. The number of aromatic nitrogens is 1. The summed E-state index contributed by atoms with van der Waals surface area (Å²) < 4.78 is 8.02. The number of benzene rings is 2. The van der Waals surface area contributed by atoms with Gasteiger partial charge in [0.15, 0.2) is 10.6 Å². The minimum absolute atomic E-state index is 0.295. The van der Waals surface area contributed by atoms with E-state index in [0.29, 0.717) is 16.5 Å². The molecule has 0 aliphatic rings. The van der Waals surface area contributed by atoms with Gasteiger partial charge >= 0.3 is 6.03 Å². The predicted octanol–water partition coefficient (Wildman–Crippen LogP) is 5.09. The standard InChI is InChI=1S/C18H19N3O2S/c1-11(2)13-6-4-5-7-15(13)19-18(22)21-24-17-14-10-12(3)8-9-16(14)23-20-17/h4-11H,1-3H3,(H2,19,21,22). The molecule has 0 fully saturated rings. The number of amides is 2. The molecular weight excluding hydrogens is 322 g/mol. The largest absolute Gasteiger partial charge is 0.355 e. The lowest BCUT2D eigenvalue weighted by Gasteiger charge is -2.13. The van der Waals surface area contributed by atoms with Crippen LogP contribution in [-0.2, 0) is 0 Å². The van der Waals surface area contributed by atoms with Gasteiger partial charge in [0.2, 0.25) is 0 Å². The molecule has 0 saturated heterocycles. The quantitative estimate of drug-likeness (QED) is 0.649. The van der Waals surface area contributed by atoms with Crippen molar-refractivity contribution in [3.8, 4) is 0 Å². The van der Waals surface area contributed by atoms with Gasteiger partial charge in [0.1, 0.15) is 0 Å². The van der Waals surface area contributed by atoms with Gasteiger partial charge in [-0.05, 0) is 36.6 Å². The van der Waals surface area contributed by atoms with Gasteiger partial charge in [-0.15, -0.1) is 0 Å². The maximum atomic E-state index is 12.2. The molecule has 1 heterocycles. The average molecular weight is 341 g/mol. The van der Waals surface area contributed by atoms with E-state index in [1.165, 1.54) is 0 Å². The predicted molar refractivity (Wildman–Crippen MR) is 97.3 cm³/mol. The van der Waals surface area contributed by atoms with Crippen LogP contribution in [-0.4, -0.2) is 11.2 Å². The molecule has 5 nitrogen and oxygen atoms in total. The molecule has 0 radical (unpaired) electrons. The third-order valence-corrected chi connectivity index (χ3v) is 4.44. The molecular formula is C18H19N3O2S. The van der Waals surface area contributed by atoms with E-state index in [1.807, 2.05) is 49.4 Å². The van der Waals surface area contributed by atoms with E-state index >= 15 is 0 Å². The Labute approximate surface area is 144 Å². The third-order valence-electron chi connectivity index (χ3n) is 3.66. The summed E-state index contributed by atoms with van der Waals surface area (Å²) in [5, 5.41) is 8.42. The van der Waals surface area contributed by atoms with E-state index in [4.69, 9.17) is 4.52 Å². The molecule has 0 unspecified atom stereocenters. The Hall–Kier alpha value is -2.47. The van der Waals surface area contributed by atoms with Gasteiger partial charge in [-0.1, -0.05) is 48.8 Å². The van der Waals surface area contributed by atoms with E-state index in [0.717, 1.165) is 34.1 Å². The fourth-order valence-corrected chi connectivity index (χ4v) is 3.05. The maximum absolute atomic E-state index is 12.2. The van der Waals surface area contributed by atoms with Crippen molar-refractivity contribution in [1.29, 1.82) is 0 Å². The number of aryl methyl sites for hydroxylation is 1. The molecule has 0 aliphatic heterocycles. The van der Waals surface area contributed by atoms with Gasteiger partial charge in [0, 0.05) is 17.6 Å². The van der Waals surface area contributed by atoms with Crippen molar-refractivity contribution in [2.24, 2.45) is 0 Å². The van der Waals surface area contributed by atoms with E-state index in [2.05, 4.69) is 29.0 Å². The number of para-hydroxylation sites is 1. The van der Waals surface area contributed by atoms with Crippen LogP contribution in [0.5, 0.6) is 0 Å². The molecule has 2 amide bonds. The monoisotopic (exact) mass is 341 g/mol. The minimum atomic E-state index is -0.295. The molecule has 1 aromatic heterocycles. The molecule has 2 aromatic carbocycles. The number of carbonyl (C=O) groups excluding carboxylic acids is 1. The molecule has 3 rings (SSSR count). The number of carbonyl (C=O) groups is 1. The summed E-state index contributed by atoms with van der Waals surface area (Å²) in [5.41, 5.74) is 3.73. The normalized spacial score (nSPS) is 11.0. The first-order valence-corrected chi connectivity index (χ1v) is 8.55. The molecule has 0 aliphatic carbocycles. The molecule has 24 heavy (non-hydrogen) atoms. The van der Waals surface area contributed by atoms with Crippen LogP contribution in [0.25, 0.3) is 11.0 Å². The molecule has 2 N–H and O–H groups in total. The van der Waals surface area contributed by atoms with Crippen LogP contribution in [0.4, 0.5) is 10.5 Å². The topological polar surface area (TPSA) is 67.2 Å². The SMILES string of the molecule is Cc1ccc2onc(SNC(=O)Nc3ccccc3C(C)C)c2c1. The van der Waals surface area contributed by atoms with E-state index in [1.54, 1.807) is 0 Å². The fraction of sp³-hybridized carbons (Fsp3) is 0.222. The highest BCUT2D eigenvalue weighted by atomic mass is 32.2. The summed E-state index contributed by atoms with van der Waals surface area (Å²) in [5.74, 6) is 0.330. The highest BCUT2D eigenvalue weighted by Gasteiger charge is 2.12. The van der Waals surface area contributed by atoms with Crippen molar-refractivity contribution in [1.82, 2.24) is 9.88 Å². The lowest BCUT2D eigenvalue weighted by molar-refractivity contribution is 0.257. The third kappa shape index (κ3) is 3.54. The summed E-state index contributed by atoms with van der Waals surface area (Å²) in [6, 6.07) is 13.3. The van der Waals surface area contributed by atoms with Crippen LogP contribution in [0.2, 0.25) is 0 Å². The van der Waals surface area contributed by atoms with E-state index in [9.17, 15) is 4.79 Å². The zero-order valence-electron chi connectivity index (χ0n) is 13.8. The number of anilines is 1. The number of fused-ring (bicyclic) bond motifs is 1. The average Bonchev–Trinajstić information content (AvgIpc) is 2.95. The number of hydrogen-bond donors (Lipinski definition) is 2. The number of nitrogens with zero attached hydrogens (tertiary/aromatic N) is 1. The Morgan fingerprint density at radius 1 is 1.21 bits per heavy atom. The fourth-order valence-electron chi connectivity index (χ4n) is 2.46. The summed E-state index contributed by atoms with van der Waals surface area (Å²) in [6.07, 6.45) is 0. The first kappa shape index (κ1) is 16.4. The lowest BCUT2D eigenvalue weighted by Crippen LogP contribution is -2.23. The first-order valence-electron chi connectivity index (χ1n) is 7.73. The second kappa shape index (κ2) is 6.97. The van der Waals surface area contributed by atoms with Crippen molar-refractivity contribution >= 4 is 34.6 Å². The highest BCUT2D eigenvalue weighted by molar-refractivity contribution is 7.98. The van der Waals surface area contributed by atoms with Crippen molar-refractivity contribution < 1.29 is 9.32 Å². The van der Waals surface area contributed by atoms with Crippen molar-refractivity contribution in [2.45, 2.75) is 31.7 Å². The second-order valence-electron chi connectivity index (χ2n) is 5.89. The minimum Gasteiger partial charge on any atom is -0.355 e. The smallest absolute Gasteiger partial charge is 0.329 e. The second-order valence-corrected chi connectivity index (χ2v) is 6.68. The van der Waals surface area contributed by atoms with Crippen LogP contribution in [0.1, 0.15) is 30.9 Å². The summed E-state index contributed by atoms with van der Waals surface area (Å²) in [4.78, 5) is 12.2. The molecule has 0 saturated carbocycles. The summed E-state index contributed by atoms with van der Waals surface area (Å²) >= 11 is 1.14. The highest BCUT2D eigenvalue weighted by Crippen LogP contribution is 2.27. The molecule has 3 aromatic rings. The summed E-state index contributed by atoms with van der Waals surface area (Å²) in [6.45, 7) is 6.19. The maximum Gasteiger partial charge on any atom is 0.329 e. The molecule has 0 spiro atoms. The Morgan fingerprint density at radius 2 is 2.00 bits per heavy atom. The first-order chi connectivity index (χ1) is 11.5. The molecule has 124 valence electrons. The van der Waals surface area contributed by atoms with Crippen LogP contribution in [0.15, 0.2) is 52.0 Å². The Morgan fingerprint density at radius 3 is 2.79 bits per heavy atom. The zero-order chi connectivity index (χ0) is 17.1. The van der Waals surface area contributed by atoms with Crippen molar-refractivity contribution in [3.05, 3.63) is 53.6 Å². The Balaban J connectivity index is 1.68. The molecule has 0 atom stereocenters. The Kier molecular flexibility index (Phi) is 4.76. The van der Waals surface area contributed by atoms with Gasteiger partial charge in [-0.2, -0.15) is 0 Å². The van der Waals surface area contributed by atoms with E-state index < -0.39 is 0 Å². The number of nitrogens with one attached hydrogen (secondary N) is 2. The number of hydrogen-bond acceptors (Lipinski definition) is 4. The number of urea groups is 1. The zero-order valence-corrected chi connectivity index (χ0v) is 14.6. The van der Waals surface area contributed by atoms with Gasteiger partial charge in [0.05, 0.1) is 5.39 Å². The van der Waals surface area contributed by atoms with Crippen LogP contribution < -0.4 is 10.0 Å². The van der Waals surface area contributed by atoms with Crippen LogP contribution >= 0.6 is 11.9 Å². The van der Waals surface area contributed by atoms with Crippen LogP contribution in [0, 0.1) is 6.92 Å². The van der Waals surface area contributed by atoms with Gasteiger partial charge < -0.3 is 9.84 Å². The van der Waals surface area contributed by atoms with Gasteiger partial charge in [-0.25, -0.2) is 4.79 Å². The molecule has 0 bridgehead atoms. The van der Waals surface area contributed by atoms with Crippen molar-refractivity contribution in [2.75, 3.05) is 5.32 Å².